The number of hydrogen-bond donors (Lipinski definition) is 2. The monoisotopic (exact) mass is 388 g/mol. The molecule has 5 nitrogen and oxygen atoms in total. The molecule has 0 heterocycles. The van der Waals surface area contributed by atoms with E-state index in [2.05, 4.69) is 25.6 Å². The molecule has 4 aliphatic carbocycles. The number of nitrogens with two attached hydrogens (primary N) is 1. The molecule has 0 saturated heterocycles. The molecule has 0 aromatic carbocycles. The van der Waals surface area contributed by atoms with E-state index in [1.54, 1.807) is 0 Å². The Labute approximate surface area is 168 Å². The van der Waals surface area contributed by atoms with Gasteiger partial charge in [0.05, 0.1) is 11.3 Å². The van der Waals surface area contributed by atoms with Crippen molar-refractivity contribution in [3.63, 3.8) is 0 Å². The summed E-state index contributed by atoms with van der Waals surface area (Å²) in [6, 6.07) is 0. The Morgan fingerprint density at radius 1 is 1.25 bits per heavy atom. The van der Waals surface area contributed by atoms with Crippen molar-refractivity contribution in [2.75, 3.05) is 13.2 Å². The molecule has 5 heteroatoms. The minimum absolute atomic E-state index is 0.147. The predicted octanol–water partition coefficient (Wildman–Crippen LogP) is 3.60. The SMILES string of the molecule is C=C1C[C@@H]2[C@@H](CC[C@]3(C)C(=O)CC[C@@H]23)[C@@]2(C)CCC(=NOCCCN)CC12O. The summed E-state index contributed by atoms with van der Waals surface area (Å²) in [4.78, 5) is 18.0. The van der Waals surface area contributed by atoms with Gasteiger partial charge in [-0.05, 0) is 74.8 Å². The van der Waals surface area contributed by atoms with Gasteiger partial charge in [0.25, 0.3) is 0 Å². The quantitative estimate of drug-likeness (QED) is 0.438. The van der Waals surface area contributed by atoms with Gasteiger partial charge in [-0.15, -0.1) is 0 Å². The largest absolute Gasteiger partial charge is 0.396 e. The molecule has 0 aliphatic heterocycles. The Hall–Kier alpha value is -1.20. The second-order valence-electron chi connectivity index (χ2n) is 10.2. The lowest BCUT2D eigenvalue weighted by atomic mass is 9.43. The van der Waals surface area contributed by atoms with Gasteiger partial charge >= 0.3 is 0 Å². The summed E-state index contributed by atoms with van der Waals surface area (Å²) in [5.74, 6) is 1.83. The molecule has 0 aromatic rings. The van der Waals surface area contributed by atoms with Crippen LogP contribution < -0.4 is 5.73 Å². The van der Waals surface area contributed by atoms with Gasteiger partial charge in [0.15, 0.2) is 0 Å². The van der Waals surface area contributed by atoms with Gasteiger partial charge in [0.2, 0.25) is 0 Å². The molecule has 6 atom stereocenters. The average molecular weight is 389 g/mol. The molecule has 28 heavy (non-hydrogen) atoms. The Morgan fingerprint density at radius 2 is 2.04 bits per heavy atom. The van der Waals surface area contributed by atoms with Crippen molar-refractivity contribution >= 4 is 11.5 Å². The van der Waals surface area contributed by atoms with Gasteiger partial charge in [-0.2, -0.15) is 0 Å². The number of Topliss-reactive ketones (excluding diaryl/α,β-unsaturated/α-hetero) is 1. The van der Waals surface area contributed by atoms with Crippen LogP contribution in [-0.4, -0.2) is 35.4 Å². The Morgan fingerprint density at radius 3 is 2.79 bits per heavy atom. The number of nitrogens with zero attached hydrogens (tertiary/aromatic N) is 1. The normalized spacial score (nSPS) is 46.9. The maximum absolute atomic E-state index is 12.6. The van der Waals surface area contributed by atoms with Gasteiger partial charge in [-0.25, -0.2) is 0 Å². The number of oxime groups is 1. The molecule has 0 spiro atoms. The van der Waals surface area contributed by atoms with Crippen LogP contribution in [0.3, 0.4) is 0 Å². The van der Waals surface area contributed by atoms with E-state index in [1.807, 2.05) is 0 Å². The lowest BCUT2D eigenvalue weighted by Gasteiger charge is -2.63. The van der Waals surface area contributed by atoms with E-state index < -0.39 is 5.60 Å². The molecular weight excluding hydrogens is 352 g/mol. The number of fused-ring (bicyclic) bond motifs is 5. The molecule has 156 valence electrons. The van der Waals surface area contributed by atoms with Gasteiger partial charge < -0.3 is 15.7 Å². The third-order valence-corrected chi connectivity index (χ3v) is 9.00. The van der Waals surface area contributed by atoms with Crippen molar-refractivity contribution in [1.29, 1.82) is 0 Å². The highest BCUT2D eigenvalue weighted by molar-refractivity contribution is 5.88. The van der Waals surface area contributed by atoms with Crippen LogP contribution in [-0.2, 0) is 9.63 Å². The predicted molar refractivity (Wildman–Crippen MR) is 110 cm³/mol. The summed E-state index contributed by atoms with van der Waals surface area (Å²) in [5, 5.41) is 16.2. The summed E-state index contributed by atoms with van der Waals surface area (Å²) in [7, 11) is 0. The maximum Gasteiger partial charge on any atom is 0.139 e. The van der Waals surface area contributed by atoms with Crippen LogP contribution in [0.25, 0.3) is 0 Å². The fourth-order valence-corrected chi connectivity index (χ4v) is 7.17. The molecule has 0 amide bonds. The van der Waals surface area contributed by atoms with E-state index in [9.17, 15) is 9.90 Å². The maximum atomic E-state index is 12.6. The van der Waals surface area contributed by atoms with Crippen LogP contribution in [0.5, 0.6) is 0 Å². The lowest BCUT2D eigenvalue weighted by Crippen LogP contribution is -2.63. The fraction of sp³-hybridized carbons (Fsp3) is 0.826. The molecule has 4 fully saturated rings. The molecule has 4 rings (SSSR count). The van der Waals surface area contributed by atoms with E-state index in [-0.39, 0.29) is 10.8 Å². The van der Waals surface area contributed by atoms with Crippen LogP contribution in [0.2, 0.25) is 0 Å². The summed E-state index contributed by atoms with van der Waals surface area (Å²) in [5.41, 5.74) is 6.12. The molecule has 3 N–H and O–H groups in total. The molecule has 4 aliphatic rings. The Balaban J connectivity index is 1.58. The van der Waals surface area contributed by atoms with E-state index in [0.717, 1.165) is 62.7 Å². The van der Waals surface area contributed by atoms with Crippen LogP contribution in [0, 0.1) is 28.6 Å². The summed E-state index contributed by atoms with van der Waals surface area (Å²) in [6.07, 6.45) is 7.66. The van der Waals surface area contributed by atoms with Crippen LogP contribution in [0.15, 0.2) is 17.3 Å². The Kier molecular flexibility index (Phi) is 4.98. The van der Waals surface area contributed by atoms with E-state index >= 15 is 0 Å². The van der Waals surface area contributed by atoms with Crippen molar-refractivity contribution in [2.24, 2.45) is 39.5 Å². The highest BCUT2D eigenvalue weighted by Crippen LogP contribution is 2.67. The van der Waals surface area contributed by atoms with Crippen molar-refractivity contribution in [3.8, 4) is 0 Å². The molecule has 1 unspecified atom stereocenters. The van der Waals surface area contributed by atoms with Crippen LogP contribution in [0.1, 0.15) is 71.6 Å². The van der Waals surface area contributed by atoms with Gasteiger partial charge in [0, 0.05) is 23.7 Å². The number of rotatable bonds is 4. The summed E-state index contributed by atoms with van der Waals surface area (Å²) < 4.78 is 0. The highest BCUT2D eigenvalue weighted by Gasteiger charge is 2.65. The Bertz CT molecular complexity index is 704. The van der Waals surface area contributed by atoms with E-state index in [0.29, 0.717) is 43.1 Å². The van der Waals surface area contributed by atoms with Crippen molar-refractivity contribution in [2.45, 2.75) is 77.2 Å². The first-order valence-electron chi connectivity index (χ1n) is 11.1. The fourth-order valence-electron chi connectivity index (χ4n) is 7.17. The van der Waals surface area contributed by atoms with Crippen molar-refractivity contribution in [1.82, 2.24) is 0 Å². The van der Waals surface area contributed by atoms with Crippen molar-refractivity contribution in [3.05, 3.63) is 12.2 Å². The van der Waals surface area contributed by atoms with Gasteiger partial charge in [-0.1, -0.05) is 25.6 Å². The minimum atomic E-state index is -0.918. The topological polar surface area (TPSA) is 84.9 Å². The molecule has 0 bridgehead atoms. The summed E-state index contributed by atoms with van der Waals surface area (Å²) >= 11 is 0. The number of carbonyl (C=O) groups is 1. The minimum Gasteiger partial charge on any atom is -0.396 e. The lowest BCUT2D eigenvalue weighted by molar-refractivity contribution is -0.161. The number of carbonyl (C=O) groups excluding carboxylic acids is 1. The number of ketones is 1. The molecule has 4 saturated carbocycles. The molecular formula is C23H36N2O3. The number of aliphatic hydroxyl groups is 1. The zero-order valence-corrected chi connectivity index (χ0v) is 17.5. The van der Waals surface area contributed by atoms with E-state index in [4.69, 9.17) is 10.6 Å². The standard InChI is InChI=1S/C23H36N2O3/c1-15-13-17-18-5-6-20(26)21(18,2)9-8-19(17)22(3)10-7-16(14-23(15,22)27)25-28-12-4-11-24/h17-19,27H,1,4-14,24H2,2-3H3/t17-,18-,19+,21-,22+,23?/m0/s1. The summed E-state index contributed by atoms with van der Waals surface area (Å²) in [6.45, 7) is 9.93. The first-order chi connectivity index (χ1) is 13.3. The van der Waals surface area contributed by atoms with E-state index in [1.165, 1.54) is 0 Å². The molecule has 0 aromatic heterocycles. The highest BCUT2D eigenvalue weighted by atomic mass is 16.6. The van der Waals surface area contributed by atoms with Crippen LogP contribution >= 0.6 is 0 Å². The zero-order valence-electron chi connectivity index (χ0n) is 17.5. The van der Waals surface area contributed by atoms with Gasteiger partial charge in [-0.3, -0.25) is 4.79 Å². The smallest absolute Gasteiger partial charge is 0.139 e. The van der Waals surface area contributed by atoms with Crippen LogP contribution in [0.4, 0.5) is 0 Å². The van der Waals surface area contributed by atoms with Crippen molar-refractivity contribution < 1.29 is 14.7 Å². The first kappa shape index (κ1) is 20.1. The van der Waals surface area contributed by atoms with Gasteiger partial charge in [0.1, 0.15) is 12.4 Å². The first-order valence-corrected chi connectivity index (χ1v) is 11.1. The third kappa shape index (κ3) is 2.72. The molecule has 0 radical (unpaired) electrons. The number of hydrogen-bond acceptors (Lipinski definition) is 5. The zero-order chi connectivity index (χ0) is 20.2. The second kappa shape index (κ2) is 6.94. The average Bonchev–Trinajstić information content (AvgIpc) is 2.96. The second-order valence-corrected chi connectivity index (χ2v) is 10.2. The third-order valence-electron chi connectivity index (χ3n) is 9.00.